The summed E-state index contributed by atoms with van der Waals surface area (Å²) in [6.07, 6.45) is 1.76. The second-order valence-corrected chi connectivity index (χ2v) is 5.88. The van der Waals surface area contributed by atoms with E-state index in [1.807, 2.05) is 6.07 Å². The van der Waals surface area contributed by atoms with Crippen LogP contribution in [0, 0.1) is 6.92 Å². The number of nitrogens with zero attached hydrogens (tertiary/aromatic N) is 2. The number of carbonyl (C=O) groups excluding carboxylic acids is 1. The van der Waals surface area contributed by atoms with Crippen molar-refractivity contribution in [3.05, 3.63) is 64.0 Å². The van der Waals surface area contributed by atoms with Gasteiger partial charge in [0, 0.05) is 16.4 Å². The maximum Gasteiger partial charge on any atom is 0.335 e. The molecule has 0 saturated carbocycles. The number of nitrogens with one attached hydrogen (secondary N) is 1. The van der Waals surface area contributed by atoms with Crippen molar-refractivity contribution in [2.45, 2.75) is 6.92 Å². The zero-order chi connectivity index (χ0) is 16.6. The molecular formula is C16H12BrN3O3. The topological polar surface area (TPSA) is 83.7 Å². The summed E-state index contributed by atoms with van der Waals surface area (Å²) >= 11 is 3.37. The quantitative estimate of drug-likeness (QED) is 0.737. The first-order chi connectivity index (χ1) is 11.0. The fourth-order valence-corrected chi connectivity index (χ4v) is 2.67. The number of carboxylic acid groups (broad SMARTS) is 1. The summed E-state index contributed by atoms with van der Waals surface area (Å²) in [5.41, 5.74) is 2.19. The van der Waals surface area contributed by atoms with Crippen molar-refractivity contribution in [3.63, 3.8) is 0 Å². The molecule has 0 spiro atoms. The number of hydrogen-bond donors (Lipinski definition) is 2. The Balaban J connectivity index is 1.98. The van der Waals surface area contributed by atoms with Gasteiger partial charge >= 0.3 is 5.97 Å². The van der Waals surface area contributed by atoms with Gasteiger partial charge in [-0.2, -0.15) is 0 Å². The summed E-state index contributed by atoms with van der Waals surface area (Å²) in [6.45, 7) is 1.75. The first-order valence-electron chi connectivity index (χ1n) is 6.74. The molecule has 0 aliphatic heterocycles. The lowest BCUT2D eigenvalue weighted by Crippen LogP contribution is -2.16. The minimum atomic E-state index is -1.05. The van der Waals surface area contributed by atoms with Crippen molar-refractivity contribution in [2.24, 2.45) is 0 Å². The highest BCUT2D eigenvalue weighted by molar-refractivity contribution is 9.10. The van der Waals surface area contributed by atoms with Gasteiger partial charge in [-0.15, -0.1) is 0 Å². The number of imidazole rings is 1. The Labute approximate surface area is 139 Å². The van der Waals surface area contributed by atoms with Crippen molar-refractivity contribution in [2.75, 3.05) is 5.32 Å². The average molecular weight is 374 g/mol. The van der Waals surface area contributed by atoms with Crippen molar-refractivity contribution in [1.82, 2.24) is 9.38 Å². The highest BCUT2D eigenvalue weighted by Gasteiger charge is 2.17. The Morgan fingerprint density at radius 2 is 2.04 bits per heavy atom. The molecule has 6 nitrogen and oxygen atoms in total. The zero-order valence-corrected chi connectivity index (χ0v) is 13.7. The third-order valence-electron chi connectivity index (χ3n) is 3.34. The van der Waals surface area contributed by atoms with Gasteiger partial charge in [0.2, 0.25) is 0 Å². The summed E-state index contributed by atoms with van der Waals surface area (Å²) in [6, 6.07) is 9.75. The molecular weight excluding hydrogens is 362 g/mol. The number of hydrogen-bond acceptors (Lipinski definition) is 3. The van der Waals surface area contributed by atoms with Crippen LogP contribution < -0.4 is 5.32 Å². The van der Waals surface area contributed by atoms with Gasteiger partial charge in [0.15, 0.2) is 0 Å². The Morgan fingerprint density at radius 3 is 2.78 bits per heavy atom. The van der Waals surface area contributed by atoms with Gasteiger partial charge in [-0.05, 0) is 53.2 Å². The van der Waals surface area contributed by atoms with Crippen LogP contribution in [0.25, 0.3) is 5.65 Å². The predicted octanol–water partition coefficient (Wildman–Crippen LogP) is 3.36. The molecule has 3 rings (SSSR count). The Kier molecular flexibility index (Phi) is 3.87. The summed E-state index contributed by atoms with van der Waals surface area (Å²) < 4.78 is 2.51. The van der Waals surface area contributed by atoms with Crippen molar-refractivity contribution < 1.29 is 14.7 Å². The number of carbonyl (C=O) groups is 2. The van der Waals surface area contributed by atoms with Crippen LogP contribution in [0.4, 0.5) is 5.69 Å². The highest BCUT2D eigenvalue weighted by atomic mass is 79.9. The molecule has 0 radical (unpaired) electrons. The smallest absolute Gasteiger partial charge is 0.335 e. The largest absolute Gasteiger partial charge is 0.478 e. The Bertz CT molecular complexity index is 933. The van der Waals surface area contributed by atoms with Crippen molar-refractivity contribution in [3.8, 4) is 0 Å². The van der Waals surface area contributed by atoms with Gasteiger partial charge in [-0.3, -0.25) is 9.20 Å². The summed E-state index contributed by atoms with van der Waals surface area (Å²) in [4.78, 5) is 27.9. The lowest BCUT2D eigenvalue weighted by molar-refractivity contribution is 0.0696. The van der Waals surface area contributed by atoms with Crippen LogP contribution in [0.1, 0.15) is 26.5 Å². The molecule has 0 unspecified atom stereocenters. The average Bonchev–Trinajstić information content (AvgIpc) is 2.82. The molecule has 3 aromatic rings. The Hall–Kier alpha value is -2.67. The molecule has 1 amide bonds. The number of anilines is 1. The van der Waals surface area contributed by atoms with Crippen LogP contribution in [0.2, 0.25) is 0 Å². The number of rotatable bonds is 3. The molecule has 7 heteroatoms. The van der Waals surface area contributed by atoms with Gasteiger partial charge in [0.05, 0.1) is 11.3 Å². The molecule has 0 aliphatic carbocycles. The maximum atomic E-state index is 12.6. The fourth-order valence-electron chi connectivity index (χ4n) is 2.33. The number of aromatic carboxylic acids is 1. The number of amides is 1. The molecule has 1 aromatic carbocycles. The van der Waals surface area contributed by atoms with E-state index in [1.54, 1.807) is 35.7 Å². The molecule has 0 saturated heterocycles. The van der Waals surface area contributed by atoms with E-state index in [0.717, 1.165) is 4.47 Å². The van der Waals surface area contributed by atoms with E-state index in [9.17, 15) is 9.59 Å². The third kappa shape index (κ3) is 2.95. The van der Waals surface area contributed by atoms with E-state index >= 15 is 0 Å². The van der Waals surface area contributed by atoms with Gasteiger partial charge in [-0.25, -0.2) is 9.78 Å². The molecule has 2 aromatic heterocycles. The minimum absolute atomic E-state index is 0.111. The van der Waals surface area contributed by atoms with E-state index in [0.29, 0.717) is 22.7 Å². The summed E-state index contributed by atoms with van der Waals surface area (Å²) in [5.74, 6) is -1.40. The number of aromatic nitrogens is 2. The number of benzene rings is 1. The van der Waals surface area contributed by atoms with E-state index in [-0.39, 0.29) is 11.5 Å². The van der Waals surface area contributed by atoms with Crippen LogP contribution in [0.15, 0.2) is 47.1 Å². The fraction of sp³-hybridized carbons (Fsp3) is 0.0625. The highest BCUT2D eigenvalue weighted by Crippen LogP contribution is 2.18. The van der Waals surface area contributed by atoms with E-state index in [2.05, 4.69) is 26.2 Å². The van der Waals surface area contributed by atoms with Crippen LogP contribution >= 0.6 is 15.9 Å². The second-order valence-electron chi connectivity index (χ2n) is 4.96. The molecule has 0 fully saturated rings. The minimum Gasteiger partial charge on any atom is -0.478 e. The van der Waals surface area contributed by atoms with Gasteiger partial charge in [0.1, 0.15) is 11.3 Å². The molecule has 116 valence electrons. The Morgan fingerprint density at radius 1 is 1.26 bits per heavy atom. The van der Waals surface area contributed by atoms with Crippen LogP contribution in [0.5, 0.6) is 0 Å². The predicted molar refractivity (Wildman–Crippen MR) is 89.0 cm³/mol. The van der Waals surface area contributed by atoms with Gasteiger partial charge < -0.3 is 10.4 Å². The molecule has 0 bridgehead atoms. The van der Waals surface area contributed by atoms with E-state index in [1.165, 1.54) is 12.1 Å². The van der Waals surface area contributed by atoms with E-state index < -0.39 is 5.97 Å². The normalized spacial score (nSPS) is 10.7. The third-order valence-corrected chi connectivity index (χ3v) is 3.81. The van der Waals surface area contributed by atoms with Gasteiger partial charge in [-0.1, -0.05) is 6.07 Å². The monoisotopic (exact) mass is 373 g/mol. The SMILES string of the molecule is Cc1nc2ccc(Br)cn2c1C(=O)Nc1cccc(C(=O)O)c1. The van der Waals surface area contributed by atoms with Crippen molar-refractivity contribution in [1.29, 1.82) is 0 Å². The summed E-state index contributed by atoms with van der Waals surface area (Å²) in [5, 5.41) is 11.7. The number of aryl methyl sites for hydroxylation is 1. The molecule has 0 aliphatic rings. The molecule has 2 N–H and O–H groups in total. The van der Waals surface area contributed by atoms with Crippen LogP contribution in [-0.2, 0) is 0 Å². The number of pyridine rings is 1. The molecule has 23 heavy (non-hydrogen) atoms. The van der Waals surface area contributed by atoms with Crippen LogP contribution in [-0.4, -0.2) is 26.4 Å². The number of fused-ring (bicyclic) bond motifs is 1. The van der Waals surface area contributed by atoms with Crippen molar-refractivity contribution >= 4 is 39.1 Å². The number of halogens is 1. The first-order valence-corrected chi connectivity index (χ1v) is 7.54. The maximum absolute atomic E-state index is 12.6. The van der Waals surface area contributed by atoms with Gasteiger partial charge in [0.25, 0.3) is 5.91 Å². The second kappa shape index (κ2) is 5.85. The van der Waals surface area contributed by atoms with E-state index in [4.69, 9.17) is 5.11 Å². The molecule has 2 heterocycles. The first kappa shape index (κ1) is 15.2. The summed E-state index contributed by atoms with van der Waals surface area (Å²) in [7, 11) is 0. The standard InChI is InChI=1S/C16H12BrN3O3/c1-9-14(20-8-11(17)5-6-13(20)18-9)15(21)19-12-4-2-3-10(7-12)16(22)23/h2-8H,1H3,(H,19,21)(H,22,23). The number of carboxylic acids is 1. The zero-order valence-electron chi connectivity index (χ0n) is 12.1. The molecule has 0 atom stereocenters. The lowest BCUT2D eigenvalue weighted by atomic mass is 10.2. The van der Waals surface area contributed by atoms with Crippen LogP contribution in [0.3, 0.4) is 0 Å². The lowest BCUT2D eigenvalue weighted by Gasteiger charge is -2.07.